The molecule has 6 nitrogen and oxygen atoms in total. The van der Waals surface area contributed by atoms with Crippen LogP contribution >= 0.6 is 11.6 Å². The Bertz CT molecular complexity index is 646. The van der Waals surface area contributed by atoms with Gasteiger partial charge in [-0.3, -0.25) is 4.79 Å². The first-order chi connectivity index (χ1) is 9.09. The predicted molar refractivity (Wildman–Crippen MR) is 75.6 cm³/mol. The molecule has 0 aliphatic rings. The van der Waals surface area contributed by atoms with E-state index < -0.39 is 11.9 Å². The third-order valence-electron chi connectivity index (χ3n) is 2.41. The fraction of sp³-hybridized carbons (Fsp3) is 0. The number of hydrogen-bond donors (Lipinski definition) is 3. The number of hydrogen-bond acceptors (Lipinski definition) is 4. The molecule has 0 saturated carbocycles. The molecule has 1 amide bonds. The van der Waals surface area contributed by atoms with Gasteiger partial charge in [0.2, 0.25) is 0 Å². The standard InChI is InChI=1S/C13H9ClN2O3.H3N/c14-11-10(6-3-7-15-11)16-12(17)8-4-1-2-5-9(8)13(18)19;/h1-7H,(H,16,17)(H,18,19);1H3. The van der Waals surface area contributed by atoms with Gasteiger partial charge in [0.25, 0.3) is 5.91 Å². The van der Waals surface area contributed by atoms with Gasteiger partial charge in [-0.1, -0.05) is 23.7 Å². The van der Waals surface area contributed by atoms with Crippen LogP contribution < -0.4 is 11.5 Å². The molecule has 0 atom stereocenters. The van der Waals surface area contributed by atoms with Gasteiger partial charge in [-0.05, 0) is 24.3 Å². The van der Waals surface area contributed by atoms with E-state index in [4.69, 9.17) is 16.7 Å². The van der Waals surface area contributed by atoms with Gasteiger partial charge in [0, 0.05) is 6.20 Å². The number of aromatic nitrogens is 1. The Kier molecular flexibility index (Phi) is 5.19. The molecule has 104 valence electrons. The molecule has 5 N–H and O–H groups in total. The van der Waals surface area contributed by atoms with Crippen LogP contribution in [0.3, 0.4) is 0 Å². The van der Waals surface area contributed by atoms with Crippen molar-refractivity contribution in [2.45, 2.75) is 0 Å². The first-order valence-corrected chi connectivity index (χ1v) is 5.71. The summed E-state index contributed by atoms with van der Waals surface area (Å²) in [7, 11) is 0. The summed E-state index contributed by atoms with van der Waals surface area (Å²) in [6.07, 6.45) is 1.49. The second-order valence-electron chi connectivity index (χ2n) is 3.65. The van der Waals surface area contributed by atoms with E-state index in [1.54, 1.807) is 24.3 Å². The van der Waals surface area contributed by atoms with Gasteiger partial charge in [0.15, 0.2) is 5.15 Å². The maximum Gasteiger partial charge on any atom is 0.336 e. The Labute approximate surface area is 120 Å². The lowest BCUT2D eigenvalue weighted by atomic mass is 10.1. The molecule has 0 aliphatic carbocycles. The fourth-order valence-electron chi connectivity index (χ4n) is 1.54. The van der Waals surface area contributed by atoms with Crippen LogP contribution in [0.15, 0.2) is 42.6 Å². The number of anilines is 1. The molecule has 1 aromatic heterocycles. The minimum Gasteiger partial charge on any atom is -0.478 e. The van der Waals surface area contributed by atoms with Crippen molar-refractivity contribution in [1.82, 2.24) is 11.1 Å². The van der Waals surface area contributed by atoms with Crippen molar-refractivity contribution in [3.63, 3.8) is 0 Å². The minimum absolute atomic E-state index is 0. The average Bonchev–Trinajstić information content (AvgIpc) is 2.41. The molecule has 1 aromatic carbocycles. The topological polar surface area (TPSA) is 114 Å². The maximum atomic E-state index is 12.0. The van der Waals surface area contributed by atoms with Crippen molar-refractivity contribution in [3.8, 4) is 0 Å². The summed E-state index contributed by atoms with van der Waals surface area (Å²) in [5.41, 5.74) is 0.323. The number of carboxylic acids is 1. The van der Waals surface area contributed by atoms with Crippen molar-refractivity contribution in [3.05, 3.63) is 58.9 Å². The highest BCUT2D eigenvalue weighted by Gasteiger charge is 2.16. The molecule has 20 heavy (non-hydrogen) atoms. The molecule has 0 spiro atoms. The van der Waals surface area contributed by atoms with Crippen LogP contribution in [-0.4, -0.2) is 22.0 Å². The Balaban J connectivity index is 0.00000200. The van der Waals surface area contributed by atoms with Gasteiger partial charge in [0.05, 0.1) is 16.8 Å². The summed E-state index contributed by atoms with van der Waals surface area (Å²) >= 11 is 5.82. The Morgan fingerprint density at radius 3 is 2.35 bits per heavy atom. The normalized spacial score (nSPS) is 9.45. The van der Waals surface area contributed by atoms with Crippen LogP contribution in [0.25, 0.3) is 0 Å². The van der Waals surface area contributed by atoms with Gasteiger partial charge >= 0.3 is 5.97 Å². The van der Waals surface area contributed by atoms with Crippen LogP contribution in [0.5, 0.6) is 0 Å². The van der Waals surface area contributed by atoms with E-state index in [2.05, 4.69) is 10.3 Å². The zero-order valence-corrected chi connectivity index (χ0v) is 11.1. The lowest BCUT2D eigenvalue weighted by molar-refractivity contribution is 0.0692. The molecule has 7 heteroatoms. The molecule has 2 aromatic rings. The lowest BCUT2D eigenvalue weighted by Gasteiger charge is -2.08. The van der Waals surface area contributed by atoms with Gasteiger partial charge in [-0.25, -0.2) is 9.78 Å². The quantitative estimate of drug-likeness (QED) is 0.753. The Morgan fingerprint density at radius 2 is 1.75 bits per heavy atom. The summed E-state index contributed by atoms with van der Waals surface area (Å²) in [5, 5.41) is 11.7. The summed E-state index contributed by atoms with van der Waals surface area (Å²) in [6.45, 7) is 0. The number of aromatic carboxylic acids is 1. The summed E-state index contributed by atoms with van der Waals surface area (Å²) in [4.78, 5) is 26.9. The summed E-state index contributed by atoms with van der Waals surface area (Å²) in [6, 6.07) is 9.13. The number of carbonyl (C=O) groups is 2. The highest BCUT2D eigenvalue weighted by atomic mass is 35.5. The molecule has 0 fully saturated rings. The molecule has 0 unspecified atom stereocenters. The highest BCUT2D eigenvalue weighted by molar-refractivity contribution is 6.32. The Hall–Kier alpha value is -2.44. The van der Waals surface area contributed by atoms with E-state index in [0.29, 0.717) is 5.69 Å². The Morgan fingerprint density at radius 1 is 1.10 bits per heavy atom. The van der Waals surface area contributed by atoms with Crippen LogP contribution in [-0.2, 0) is 0 Å². The van der Waals surface area contributed by atoms with Crippen LogP contribution in [0, 0.1) is 0 Å². The number of carboxylic acid groups (broad SMARTS) is 1. The number of nitrogens with one attached hydrogen (secondary N) is 1. The van der Waals surface area contributed by atoms with E-state index in [9.17, 15) is 9.59 Å². The number of rotatable bonds is 3. The third kappa shape index (κ3) is 3.31. The van der Waals surface area contributed by atoms with Gasteiger partial charge in [0.1, 0.15) is 0 Å². The first-order valence-electron chi connectivity index (χ1n) is 5.34. The number of pyridine rings is 1. The molecular weight excluding hydrogens is 282 g/mol. The molecular formula is C13H12ClN3O3. The van der Waals surface area contributed by atoms with Crippen molar-refractivity contribution >= 4 is 29.2 Å². The molecule has 0 bridgehead atoms. The number of amides is 1. The molecule has 2 rings (SSSR count). The van der Waals surface area contributed by atoms with E-state index in [1.165, 1.54) is 18.3 Å². The molecule has 0 radical (unpaired) electrons. The fourth-order valence-corrected chi connectivity index (χ4v) is 1.70. The minimum atomic E-state index is -1.16. The average molecular weight is 294 g/mol. The van der Waals surface area contributed by atoms with E-state index >= 15 is 0 Å². The highest BCUT2D eigenvalue weighted by Crippen LogP contribution is 2.19. The second-order valence-corrected chi connectivity index (χ2v) is 4.00. The number of benzene rings is 1. The number of carbonyl (C=O) groups excluding carboxylic acids is 1. The van der Waals surface area contributed by atoms with Crippen LogP contribution in [0.4, 0.5) is 5.69 Å². The van der Waals surface area contributed by atoms with Crippen LogP contribution in [0.1, 0.15) is 20.7 Å². The van der Waals surface area contributed by atoms with E-state index in [1.807, 2.05) is 0 Å². The third-order valence-corrected chi connectivity index (χ3v) is 2.71. The van der Waals surface area contributed by atoms with Crippen molar-refractivity contribution in [1.29, 1.82) is 0 Å². The summed E-state index contributed by atoms with van der Waals surface area (Å²) in [5.74, 6) is -1.71. The van der Waals surface area contributed by atoms with Gasteiger partial charge in [-0.2, -0.15) is 0 Å². The SMILES string of the molecule is N.O=C(O)c1ccccc1C(=O)Nc1cccnc1Cl. The van der Waals surface area contributed by atoms with Crippen molar-refractivity contribution in [2.24, 2.45) is 0 Å². The zero-order chi connectivity index (χ0) is 13.8. The largest absolute Gasteiger partial charge is 0.478 e. The van der Waals surface area contributed by atoms with E-state index in [-0.39, 0.29) is 22.4 Å². The van der Waals surface area contributed by atoms with E-state index in [0.717, 1.165) is 0 Å². The molecule has 0 saturated heterocycles. The molecule has 1 heterocycles. The van der Waals surface area contributed by atoms with Crippen molar-refractivity contribution < 1.29 is 14.7 Å². The number of halogens is 1. The zero-order valence-electron chi connectivity index (χ0n) is 10.3. The van der Waals surface area contributed by atoms with Gasteiger partial charge in [-0.15, -0.1) is 0 Å². The second kappa shape index (κ2) is 6.65. The smallest absolute Gasteiger partial charge is 0.336 e. The van der Waals surface area contributed by atoms with Crippen molar-refractivity contribution in [2.75, 3.05) is 5.32 Å². The molecule has 0 aliphatic heterocycles. The maximum absolute atomic E-state index is 12.0. The van der Waals surface area contributed by atoms with Gasteiger partial charge < -0.3 is 16.6 Å². The van der Waals surface area contributed by atoms with Crippen LogP contribution in [0.2, 0.25) is 5.15 Å². The predicted octanol–water partition coefficient (Wildman–Crippen LogP) is 2.85. The lowest BCUT2D eigenvalue weighted by Crippen LogP contribution is -2.16. The summed E-state index contributed by atoms with van der Waals surface area (Å²) < 4.78 is 0. The number of nitrogens with zero attached hydrogens (tertiary/aromatic N) is 1. The first kappa shape index (κ1) is 15.6. The monoisotopic (exact) mass is 293 g/mol.